The number of fused-ring (bicyclic) bond motifs is 1. The number of hydrogen-bond acceptors (Lipinski definition) is 6. The van der Waals surface area contributed by atoms with Crippen LogP contribution in [-0.4, -0.2) is 9.97 Å². The van der Waals surface area contributed by atoms with Gasteiger partial charge in [-0.3, -0.25) is 5.43 Å². The lowest BCUT2D eigenvalue weighted by Gasteiger charge is -2.10. The summed E-state index contributed by atoms with van der Waals surface area (Å²) in [5, 5.41) is 9.86. The van der Waals surface area contributed by atoms with Gasteiger partial charge < -0.3 is 4.74 Å². The second-order valence-electron chi connectivity index (χ2n) is 4.22. The van der Waals surface area contributed by atoms with Crippen LogP contribution in [0.2, 0.25) is 0 Å². The Kier molecular flexibility index (Phi) is 3.33. The molecule has 0 fully saturated rings. The van der Waals surface area contributed by atoms with Gasteiger partial charge in [-0.1, -0.05) is 24.3 Å². The maximum atomic E-state index is 9.12. The topological polar surface area (TPSA) is 96.8 Å². The zero-order valence-corrected chi connectivity index (χ0v) is 10.9. The summed E-state index contributed by atoms with van der Waals surface area (Å²) in [6, 6.07) is 16.5. The van der Waals surface area contributed by atoms with Gasteiger partial charge in [0.05, 0.1) is 16.5 Å². The van der Waals surface area contributed by atoms with Crippen molar-refractivity contribution in [3.63, 3.8) is 0 Å². The molecule has 102 valence electrons. The Morgan fingerprint density at radius 3 is 2.62 bits per heavy atom. The van der Waals surface area contributed by atoms with Crippen molar-refractivity contribution < 1.29 is 4.74 Å². The summed E-state index contributed by atoms with van der Waals surface area (Å²) in [4.78, 5) is 8.46. The Morgan fingerprint density at radius 2 is 1.81 bits per heavy atom. The van der Waals surface area contributed by atoms with Crippen LogP contribution in [0.1, 0.15) is 5.56 Å². The number of nitrogen functional groups attached to an aromatic ring is 1. The number of hydrogen-bond donors (Lipinski definition) is 2. The van der Waals surface area contributed by atoms with Crippen molar-refractivity contribution in [1.29, 1.82) is 5.26 Å². The first-order chi connectivity index (χ1) is 10.3. The number of nitrogens with one attached hydrogen (secondary N) is 1. The molecular weight excluding hydrogens is 266 g/mol. The molecule has 21 heavy (non-hydrogen) atoms. The minimum Gasteiger partial charge on any atom is -0.437 e. The summed E-state index contributed by atoms with van der Waals surface area (Å²) in [7, 11) is 0. The largest absolute Gasteiger partial charge is 0.437 e. The van der Waals surface area contributed by atoms with Crippen LogP contribution < -0.4 is 16.0 Å². The maximum absolute atomic E-state index is 9.12. The van der Waals surface area contributed by atoms with Crippen molar-refractivity contribution in [3.05, 3.63) is 54.1 Å². The number of aromatic nitrogens is 2. The predicted molar refractivity (Wildman–Crippen MR) is 78.6 cm³/mol. The van der Waals surface area contributed by atoms with Crippen molar-refractivity contribution in [1.82, 2.24) is 9.97 Å². The Labute approximate surface area is 120 Å². The molecule has 3 aromatic rings. The van der Waals surface area contributed by atoms with Gasteiger partial charge in [-0.05, 0) is 24.3 Å². The van der Waals surface area contributed by atoms with Gasteiger partial charge in [0, 0.05) is 0 Å². The third-order valence-corrected chi connectivity index (χ3v) is 2.91. The van der Waals surface area contributed by atoms with Crippen LogP contribution in [0, 0.1) is 11.3 Å². The average molecular weight is 277 g/mol. The van der Waals surface area contributed by atoms with Gasteiger partial charge in [0.2, 0.25) is 11.8 Å². The predicted octanol–water partition coefficient (Wildman–Crippen LogP) is 2.58. The molecule has 0 aliphatic carbocycles. The van der Waals surface area contributed by atoms with E-state index in [-0.39, 0.29) is 5.95 Å². The van der Waals surface area contributed by atoms with Crippen LogP contribution >= 0.6 is 0 Å². The van der Waals surface area contributed by atoms with E-state index in [9.17, 15) is 0 Å². The normalized spacial score (nSPS) is 10.1. The summed E-state index contributed by atoms with van der Waals surface area (Å²) in [5.41, 5.74) is 3.54. The second kappa shape index (κ2) is 5.45. The van der Waals surface area contributed by atoms with Crippen LogP contribution in [0.4, 0.5) is 5.95 Å². The summed E-state index contributed by atoms with van der Waals surface area (Å²) in [6.45, 7) is 0. The number of benzene rings is 2. The highest BCUT2D eigenvalue weighted by Gasteiger charge is 2.11. The van der Waals surface area contributed by atoms with Gasteiger partial charge in [-0.15, -0.1) is 0 Å². The highest BCUT2D eigenvalue weighted by atomic mass is 16.5. The van der Waals surface area contributed by atoms with Gasteiger partial charge in [-0.2, -0.15) is 10.2 Å². The molecule has 2 aromatic carbocycles. The fourth-order valence-corrected chi connectivity index (χ4v) is 1.94. The standard InChI is InChI=1S/C15H11N5O/c16-9-10-5-1-4-8-13(10)21-14-11-6-2-3-7-12(11)18-15(19-14)20-17/h1-8H,17H2,(H,18,19,20). The van der Waals surface area contributed by atoms with E-state index in [2.05, 4.69) is 21.5 Å². The summed E-state index contributed by atoms with van der Waals surface area (Å²) in [5.74, 6) is 6.41. The first-order valence-electron chi connectivity index (χ1n) is 6.22. The Hall–Kier alpha value is -3.17. The molecule has 0 radical (unpaired) electrons. The van der Waals surface area contributed by atoms with Crippen LogP contribution in [0.25, 0.3) is 10.9 Å². The summed E-state index contributed by atoms with van der Waals surface area (Å²) >= 11 is 0. The molecule has 0 bridgehead atoms. The number of nitrogens with zero attached hydrogens (tertiary/aromatic N) is 3. The smallest absolute Gasteiger partial charge is 0.241 e. The molecule has 0 saturated carbocycles. The second-order valence-corrected chi connectivity index (χ2v) is 4.22. The van der Waals surface area contributed by atoms with Crippen molar-refractivity contribution in [2.24, 2.45) is 5.84 Å². The number of nitrogens with two attached hydrogens (primary N) is 1. The molecule has 3 rings (SSSR count). The number of para-hydroxylation sites is 2. The molecule has 6 heteroatoms. The van der Waals surface area contributed by atoms with Crippen molar-refractivity contribution in [2.75, 3.05) is 5.43 Å². The molecule has 0 aliphatic heterocycles. The van der Waals surface area contributed by atoms with E-state index in [1.54, 1.807) is 24.3 Å². The lowest BCUT2D eigenvalue weighted by molar-refractivity contribution is 0.467. The lowest BCUT2D eigenvalue weighted by atomic mass is 10.2. The fourth-order valence-electron chi connectivity index (χ4n) is 1.94. The zero-order chi connectivity index (χ0) is 14.7. The quantitative estimate of drug-likeness (QED) is 0.564. The third kappa shape index (κ3) is 2.45. The van der Waals surface area contributed by atoms with Gasteiger partial charge in [0.15, 0.2) is 0 Å². The highest BCUT2D eigenvalue weighted by molar-refractivity contribution is 5.84. The van der Waals surface area contributed by atoms with Gasteiger partial charge in [-0.25, -0.2) is 10.8 Å². The molecule has 0 saturated heterocycles. The van der Waals surface area contributed by atoms with E-state index in [1.807, 2.05) is 24.3 Å². The maximum Gasteiger partial charge on any atom is 0.241 e. The summed E-state index contributed by atoms with van der Waals surface area (Å²) in [6.07, 6.45) is 0. The van der Waals surface area contributed by atoms with Crippen LogP contribution in [-0.2, 0) is 0 Å². The van der Waals surface area contributed by atoms with Crippen molar-refractivity contribution in [2.45, 2.75) is 0 Å². The average Bonchev–Trinajstić information content (AvgIpc) is 2.55. The van der Waals surface area contributed by atoms with E-state index < -0.39 is 0 Å². The molecule has 0 aliphatic rings. The molecule has 0 amide bonds. The van der Waals surface area contributed by atoms with Crippen LogP contribution in [0.3, 0.4) is 0 Å². The number of nitriles is 1. The fraction of sp³-hybridized carbons (Fsp3) is 0. The van der Waals surface area contributed by atoms with E-state index in [4.69, 9.17) is 15.8 Å². The zero-order valence-electron chi connectivity index (χ0n) is 10.9. The summed E-state index contributed by atoms with van der Waals surface area (Å²) < 4.78 is 5.79. The first-order valence-corrected chi connectivity index (χ1v) is 6.22. The molecule has 1 aromatic heterocycles. The highest BCUT2D eigenvalue weighted by Crippen LogP contribution is 2.29. The lowest BCUT2D eigenvalue weighted by Crippen LogP contribution is -2.11. The molecule has 6 nitrogen and oxygen atoms in total. The van der Waals surface area contributed by atoms with Crippen molar-refractivity contribution >= 4 is 16.9 Å². The SMILES string of the molecule is N#Cc1ccccc1Oc1nc(NN)nc2ccccc12. The first kappa shape index (κ1) is 12.8. The Balaban J connectivity index is 2.14. The van der Waals surface area contributed by atoms with Gasteiger partial charge >= 0.3 is 0 Å². The minimum atomic E-state index is 0.248. The number of hydrazine groups is 1. The van der Waals surface area contributed by atoms with E-state index >= 15 is 0 Å². The molecule has 0 spiro atoms. The third-order valence-electron chi connectivity index (χ3n) is 2.91. The molecule has 0 atom stereocenters. The number of rotatable bonds is 3. The number of anilines is 1. The van der Waals surface area contributed by atoms with Crippen LogP contribution in [0.5, 0.6) is 11.6 Å². The Bertz CT molecular complexity index is 841. The van der Waals surface area contributed by atoms with E-state index in [0.29, 0.717) is 22.7 Å². The number of ether oxygens (including phenoxy) is 1. The molecule has 0 unspecified atom stereocenters. The Morgan fingerprint density at radius 1 is 1.05 bits per heavy atom. The van der Waals surface area contributed by atoms with Crippen LogP contribution in [0.15, 0.2) is 48.5 Å². The van der Waals surface area contributed by atoms with E-state index in [1.165, 1.54) is 0 Å². The van der Waals surface area contributed by atoms with Gasteiger partial charge in [0.25, 0.3) is 0 Å². The van der Waals surface area contributed by atoms with E-state index in [0.717, 1.165) is 5.39 Å². The van der Waals surface area contributed by atoms with Gasteiger partial charge in [0.1, 0.15) is 11.8 Å². The monoisotopic (exact) mass is 277 g/mol. The molecule has 1 heterocycles. The molecular formula is C15H11N5O. The van der Waals surface area contributed by atoms with Crippen molar-refractivity contribution in [3.8, 4) is 17.7 Å². The minimum absolute atomic E-state index is 0.248. The molecule has 3 N–H and O–H groups in total.